The predicted octanol–water partition coefficient (Wildman–Crippen LogP) is 6.06. The molecule has 3 nitrogen and oxygen atoms in total. The molecule has 2 aromatic rings. The standard InChI is InChI=1S/C27H29F2NO2/c1-17(15-28)16-30-26(21-10-8-18(12-24(21)29)9-11-25(31)32)22-13-19-6-4-5-7-20(19)23(22)14-27(30,2)3/h4-12,17,26H,13-16H2,1-3H3,(H,31,32)/b11-9+/t17-,26?/m1/s1. The van der Waals surface area contributed by atoms with E-state index in [0.29, 0.717) is 17.7 Å². The van der Waals surface area contributed by atoms with Gasteiger partial charge in [0.25, 0.3) is 0 Å². The van der Waals surface area contributed by atoms with Crippen molar-refractivity contribution in [3.8, 4) is 0 Å². The Bertz CT molecular complexity index is 1100. The second-order valence-electron chi connectivity index (χ2n) is 9.59. The zero-order chi connectivity index (χ0) is 23.0. The molecule has 0 aromatic heterocycles. The average molecular weight is 438 g/mol. The molecule has 0 saturated heterocycles. The Morgan fingerprint density at radius 3 is 2.72 bits per heavy atom. The molecular formula is C27H29F2NO2. The maximum atomic E-state index is 15.5. The van der Waals surface area contributed by atoms with Gasteiger partial charge in [-0.05, 0) is 72.6 Å². The minimum Gasteiger partial charge on any atom is -0.478 e. The number of aliphatic carboxylic acids is 1. The Kier molecular flexibility index (Phi) is 6.04. The van der Waals surface area contributed by atoms with Gasteiger partial charge in [-0.15, -0.1) is 0 Å². The van der Waals surface area contributed by atoms with Crippen molar-refractivity contribution in [3.63, 3.8) is 0 Å². The Labute approximate surface area is 188 Å². The van der Waals surface area contributed by atoms with Gasteiger partial charge in [-0.2, -0.15) is 0 Å². The van der Waals surface area contributed by atoms with Gasteiger partial charge in [0, 0.05) is 23.7 Å². The molecule has 0 radical (unpaired) electrons. The van der Waals surface area contributed by atoms with E-state index in [4.69, 9.17) is 5.11 Å². The quantitative estimate of drug-likeness (QED) is 0.558. The SMILES string of the molecule is C[C@H](CF)CN1C(c2ccc(/C=C/C(=O)O)cc2F)C2=C(CC1(C)C)c1ccccc1C2. The summed E-state index contributed by atoms with van der Waals surface area (Å²) in [5.74, 6) is -1.61. The van der Waals surface area contributed by atoms with Crippen LogP contribution >= 0.6 is 0 Å². The van der Waals surface area contributed by atoms with Crippen LogP contribution in [0.4, 0.5) is 8.78 Å². The summed E-state index contributed by atoms with van der Waals surface area (Å²) >= 11 is 0. The fourth-order valence-corrected chi connectivity index (χ4v) is 5.12. The Morgan fingerprint density at radius 2 is 2.03 bits per heavy atom. The molecule has 1 N–H and O–H groups in total. The van der Waals surface area contributed by atoms with E-state index in [1.807, 2.05) is 19.1 Å². The number of hydrogen-bond donors (Lipinski definition) is 1. The van der Waals surface area contributed by atoms with Gasteiger partial charge in [-0.1, -0.05) is 43.3 Å². The summed E-state index contributed by atoms with van der Waals surface area (Å²) in [6, 6.07) is 12.9. The van der Waals surface area contributed by atoms with Crippen molar-refractivity contribution in [2.24, 2.45) is 5.92 Å². The molecule has 0 fully saturated rings. The minimum atomic E-state index is -1.08. The van der Waals surface area contributed by atoms with Gasteiger partial charge in [0.1, 0.15) is 5.82 Å². The highest BCUT2D eigenvalue weighted by atomic mass is 19.1. The lowest BCUT2D eigenvalue weighted by molar-refractivity contribution is -0.131. The van der Waals surface area contributed by atoms with Crippen LogP contribution in [0.15, 0.2) is 54.1 Å². The lowest BCUT2D eigenvalue weighted by atomic mass is 9.78. The fourth-order valence-electron chi connectivity index (χ4n) is 5.12. The molecule has 0 amide bonds. The molecule has 1 unspecified atom stereocenters. The highest BCUT2D eigenvalue weighted by Gasteiger charge is 2.45. The highest BCUT2D eigenvalue weighted by Crippen LogP contribution is 2.52. The lowest BCUT2D eigenvalue weighted by Crippen LogP contribution is -2.51. The van der Waals surface area contributed by atoms with Gasteiger partial charge < -0.3 is 5.11 Å². The van der Waals surface area contributed by atoms with E-state index in [2.05, 4.69) is 30.9 Å². The topological polar surface area (TPSA) is 40.5 Å². The number of carboxylic acids is 1. The van der Waals surface area contributed by atoms with E-state index in [1.165, 1.54) is 34.4 Å². The van der Waals surface area contributed by atoms with Gasteiger partial charge in [0.05, 0.1) is 12.7 Å². The molecule has 2 aliphatic rings. The van der Waals surface area contributed by atoms with Crippen molar-refractivity contribution in [1.82, 2.24) is 4.90 Å². The van der Waals surface area contributed by atoms with Gasteiger partial charge in [0.2, 0.25) is 0 Å². The zero-order valence-electron chi connectivity index (χ0n) is 18.7. The van der Waals surface area contributed by atoms with Crippen molar-refractivity contribution < 1.29 is 18.7 Å². The number of halogens is 2. The van der Waals surface area contributed by atoms with Crippen molar-refractivity contribution in [2.45, 2.75) is 45.2 Å². The molecule has 32 heavy (non-hydrogen) atoms. The van der Waals surface area contributed by atoms with E-state index in [9.17, 15) is 9.18 Å². The van der Waals surface area contributed by atoms with Crippen LogP contribution in [-0.4, -0.2) is 34.7 Å². The normalized spacial score (nSPS) is 21.0. The van der Waals surface area contributed by atoms with Crippen molar-refractivity contribution >= 4 is 17.6 Å². The first-order valence-electron chi connectivity index (χ1n) is 11.0. The number of alkyl halides is 1. The molecule has 0 bridgehead atoms. The highest BCUT2D eigenvalue weighted by molar-refractivity contribution is 5.85. The van der Waals surface area contributed by atoms with Crippen LogP contribution < -0.4 is 0 Å². The number of fused-ring (bicyclic) bond motifs is 2. The van der Waals surface area contributed by atoms with Gasteiger partial charge in [-0.25, -0.2) is 9.18 Å². The fraction of sp³-hybridized carbons (Fsp3) is 0.370. The lowest BCUT2D eigenvalue weighted by Gasteiger charge is -2.49. The van der Waals surface area contributed by atoms with Crippen LogP contribution in [0.1, 0.15) is 55.5 Å². The summed E-state index contributed by atoms with van der Waals surface area (Å²) in [4.78, 5) is 13.1. The van der Waals surface area contributed by atoms with Gasteiger partial charge >= 0.3 is 5.97 Å². The van der Waals surface area contributed by atoms with E-state index < -0.39 is 12.6 Å². The number of hydrogen-bond acceptors (Lipinski definition) is 2. The molecule has 168 valence electrons. The van der Waals surface area contributed by atoms with Crippen molar-refractivity contribution in [2.75, 3.05) is 13.2 Å². The number of rotatable bonds is 6. The summed E-state index contributed by atoms with van der Waals surface area (Å²) in [6.07, 6.45) is 3.98. The summed E-state index contributed by atoms with van der Waals surface area (Å²) in [6.45, 7) is 6.29. The van der Waals surface area contributed by atoms with Crippen LogP contribution in [0, 0.1) is 11.7 Å². The van der Waals surface area contributed by atoms with Crippen molar-refractivity contribution in [3.05, 3.63) is 82.2 Å². The molecule has 4 rings (SSSR count). The average Bonchev–Trinajstić information content (AvgIpc) is 3.10. The van der Waals surface area contributed by atoms with Gasteiger partial charge in [-0.3, -0.25) is 9.29 Å². The smallest absolute Gasteiger partial charge is 0.328 e. The molecule has 2 atom stereocenters. The summed E-state index contributed by atoms with van der Waals surface area (Å²) in [5.41, 5.74) is 5.71. The summed E-state index contributed by atoms with van der Waals surface area (Å²) in [5, 5.41) is 8.87. The Balaban J connectivity index is 1.83. The van der Waals surface area contributed by atoms with Gasteiger partial charge in [0.15, 0.2) is 0 Å². The Morgan fingerprint density at radius 1 is 1.28 bits per heavy atom. The third-order valence-corrected chi connectivity index (χ3v) is 6.65. The maximum Gasteiger partial charge on any atom is 0.328 e. The number of carbonyl (C=O) groups is 1. The molecule has 1 heterocycles. The number of carboxylic acid groups (broad SMARTS) is 1. The maximum absolute atomic E-state index is 15.5. The van der Waals surface area contributed by atoms with E-state index in [1.54, 1.807) is 12.1 Å². The third-order valence-electron chi connectivity index (χ3n) is 6.65. The molecule has 1 aliphatic heterocycles. The van der Waals surface area contributed by atoms with E-state index >= 15 is 4.39 Å². The molecule has 1 aliphatic carbocycles. The van der Waals surface area contributed by atoms with Crippen LogP contribution in [-0.2, 0) is 11.2 Å². The second-order valence-corrected chi connectivity index (χ2v) is 9.59. The van der Waals surface area contributed by atoms with Crippen LogP contribution in [0.2, 0.25) is 0 Å². The molecule has 5 heteroatoms. The number of benzene rings is 2. The predicted molar refractivity (Wildman–Crippen MR) is 123 cm³/mol. The minimum absolute atomic E-state index is 0.163. The van der Waals surface area contributed by atoms with Crippen LogP contribution in [0.25, 0.3) is 11.6 Å². The molecule has 2 aromatic carbocycles. The van der Waals surface area contributed by atoms with Crippen LogP contribution in [0.5, 0.6) is 0 Å². The first-order valence-corrected chi connectivity index (χ1v) is 11.0. The molecule has 0 spiro atoms. The largest absolute Gasteiger partial charge is 0.478 e. The van der Waals surface area contributed by atoms with Crippen LogP contribution in [0.3, 0.4) is 0 Å². The first-order chi connectivity index (χ1) is 15.2. The third kappa shape index (κ3) is 4.14. The molecular weight excluding hydrogens is 408 g/mol. The van der Waals surface area contributed by atoms with E-state index in [-0.39, 0.29) is 23.3 Å². The summed E-state index contributed by atoms with van der Waals surface area (Å²) < 4.78 is 29.0. The summed E-state index contributed by atoms with van der Waals surface area (Å²) in [7, 11) is 0. The molecule has 0 saturated carbocycles. The second kappa shape index (κ2) is 8.62. The van der Waals surface area contributed by atoms with E-state index in [0.717, 1.165) is 18.9 Å². The monoisotopic (exact) mass is 437 g/mol. The zero-order valence-corrected chi connectivity index (χ0v) is 18.7. The number of nitrogens with zero attached hydrogens (tertiary/aromatic N) is 1. The van der Waals surface area contributed by atoms with Crippen molar-refractivity contribution in [1.29, 1.82) is 0 Å². The Hall–Kier alpha value is -2.79. The first kappa shape index (κ1) is 22.4.